The molecule has 0 spiro atoms. The molecule has 3 atom stereocenters. The van der Waals surface area contributed by atoms with E-state index in [0.717, 1.165) is 11.1 Å². The van der Waals surface area contributed by atoms with E-state index in [1.165, 1.54) is 0 Å². The molecular formula is C18H16N2O5. The number of aromatic nitrogens is 1. The van der Waals surface area contributed by atoms with Gasteiger partial charge in [-0.1, -0.05) is 0 Å². The maximum Gasteiger partial charge on any atom is 0.311 e. The summed E-state index contributed by atoms with van der Waals surface area (Å²) < 4.78 is 11.6. The van der Waals surface area contributed by atoms with Gasteiger partial charge < -0.3 is 20.3 Å². The number of pyridine rings is 1. The van der Waals surface area contributed by atoms with Crippen LogP contribution < -0.4 is 15.2 Å². The van der Waals surface area contributed by atoms with Crippen molar-refractivity contribution < 1.29 is 24.2 Å². The van der Waals surface area contributed by atoms with Gasteiger partial charge in [0.05, 0.1) is 0 Å². The summed E-state index contributed by atoms with van der Waals surface area (Å²) in [4.78, 5) is 26.2. The first-order chi connectivity index (χ1) is 12.0. The monoisotopic (exact) mass is 340 g/mol. The first-order valence-electron chi connectivity index (χ1n) is 7.97. The molecule has 1 aromatic heterocycles. The second-order valence-electron chi connectivity index (χ2n) is 6.22. The minimum Gasteiger partial charge on any atom is -0.489 e. The molecule has 0 radical (unpaired) electrons. The van der Waals surface area contributed by atoms with Crippen molar-refractivity contribution >= 4 is 11.9 Å². The molecule has 7 nitrogen and oxygen atoms in total. The fourth-order valence-corrected chi connectivity index (χ4v) is 3.29. The van der Waals surface area contributed by atoms with E-state index in [2.05, 4.69) is 4.98 Å². The lowest BCUT2D eigenvalue weighted by Crippen LogP contribution is -2.11. The fraction of sp³-hybridized carbons (Fsp3) is 0.278. The number of nitrogens with two attached hydrogens (primary N) is 1. The van der Waals surface area contributed by atoms with E-state index >= 15 is 0 Å². The molecule has 1 saturated carbocycles. The van der Waals surface area contributed by atoms with E-state index < -0.39 is 11.9 Å². The van der Waals surface area contributed by atoms with E-state index in [-0.39, 0.29) is 24.3 Å². The van der Waals surface area contributed by atoms with Crippen LogP contribution >= 0.6 is 0 Å². The molecule has 2 heterocycles. The van der Waals surface area contributed by atoms with E-state index in [1.807, 2.05) is 6.07 Å². The molecule has 1 aromatic carbocycles. The number of amides is 1. The number of hydrogen-bond donors (Lipinski definition) is 2. The van der Waals surface area contributed by atoms with Crippen LogP contribution in [0.2, 0.25) is 0 Å². The number of nitrogens with zero attached hydrogens (tertiary/aromatic N) is 1. The molecule has 25 heavy (non-hydrogen) atoms. The summed E-state index contributed by atoms with van der Waals surface area (Å²) in [5.41, 5.74) is 6.85. The van der Waals surface area contributed by atoms with Gasteiger partial charge in [0.15, 0.2) is 0 Å². The highest BCUT2D eigenvalue weighted by molar-refractivity contribution is 5.79. The zero-order valence-corrected chi connectivity index (χ0v) is 13.2. The molecule has 0 bridgehead atoms. The van der Waals surface area contributed by atoms with Crippen LogP contribution in [-0.4, -0.2) is 28.1 Å². The van der Waals surface area contributed by atoms with Gasteiger partial charge in [0.25, 0.3) is 0 Å². The number of ether oxygens (including phenoxy) is 2. The first-order valence-corrected chi connectivity index (χ1v) is 7.97. The summed E-state index contributed by atoms with van der Waals surface area (Å²) in [5.74, 6) is 0.0859. The average Bonchev–Trinajstić information content (AvgIpc) is 3.19. The van der Waals surface area contributed by atoms with Gasteiger partial charge in [-0.2, -0.15) is 0 Å². The molecule has 0 saturated heterocycles. The van der Waals surface area contributed by atoms with Crippen molar-refractivity contribution in [2.24, 2.45) is 11.7 Å². The fourth-order valence-electron chi connectivity index (χ4n) is 3.29. The van der Waals surface area contributed by atoms with Gasteiger partial charge in [0.2, 0.25) is 5.91 Å². The van der Waals surface area contributed by atoms with Crippen molar-refractivity contribution in [2.75, 3.05) is 0 Å². The molecule has 3 N–H and O–H groups in total. The lowest BCUT2D eigenvalue weighted by molar-refractivity contribution is -0.139. The van der Waals surface area contributed by atoms with Gasteiger partial charge in [0, 0.05) is 35.9 Å². The Kier molecular flexibility index (Phi) is 3.56. The van der Waals surface area contributed by atoms with Gasteiger partial charge >= 0.3 is 5.97 Å². The Labute approximate surface area is 143 Å². The minimum atomic E-state index is -0.838. The van der Waals surface area contributed by atoms with Crippen molar-refractivity contribution in [2.45, 2.75) is 24.9 Å². The number of benzene rings is 1. The van der Waals surface area contributed by atoms with Crippen LogP contribution in [0.25, 0.3) is 0 Å². The maximum absolute atomic E-state index is 11.2. The SMILES string of the molecule is NC(=O)CCc1cnccc1Oc1ccc2c(c1)C1C(O2)[C@H]1C(=O)O. The second kappa shape index (κ2) is 5.77. The standard InChI is InChI=1S/C18H16N2O5/c19-14(21)4-1-9-8-20-6-5-12(9)24-10-2-3-13-11(7-10)15-16(18(22)23)17(15)25-13/h2-3,5-8,15-17H,1,4H2,(H2,19,21)(H,22,23)/t15?,16-,17?/m0/s1. The second-order valence-corrected chi connectivity index (χ2v) is 6.22. The third-order valence-corrected chi connectivity index (χ3v) is 4.57. The predicted octanol–water partition coefficient (Wildman–Crippen LogP) is 1.85. The van der Waals surface area contributed by atoms with E-state index in [9.17, 15) is 14.7 Å². The van der Waals surface area contributed by atoms with Gasteiger partial charge in [-0.15, -0.1) is 0 Å². The normalized spacial score (nSPS) is 22.5. The van der Waals surface area contributed by atoms with E-state index in [4.69, 9.17) is 15.2 Å². The van der Waals surface area contributed by atoms with Crippen LogP contribution in [0.1, 0.15) is 23.5 Å². The Morgan fingerprint density at radius 1 is 1.32 bits per heavy atom. The Morgan fingerprint density at radius 2 is 2.16 bits per heavy atom. The van der Waals surface area contributed by atoms with Crippen molar-refractivity contribution in [3.8, 4) is 17.2 Å². The molecular weight excluding hydrogens is 324 g/mol. The minimum absolute atomic E-state index is 0.108. The number of carbonyl (C=O) groups excluding carboxylic acids is 1. The Hall–Kier alpha value is -3.09. The molecule has 7 heteroatoms. The number of carboxylic acids is 1. The lowest BCUT2D eigenvalue weighted by atomic mass is 10.1. The summed E-state index contributed by atoms with van der Waals surface area (Å²) in [6.45, 7) is 0. The highest BCUT2D eigenvalue weighted by atomic mass is 16.5. The quantitative estimate of drug-likeness (QED) is 0.830. The summed E-state index contributed by atoms with van der Waals surface area (Å²) in [7, 11) is 0. The molecule has 1 amide bonds. The summed E-state index contributed by atoms with van der Waals surface area (Å²) >= 11 is 0. The van der Waals surface area contributed by atoms with E-state index in [1.54, 1.807) is 30.6 Å². The molecule has 2 unspecified atom stereocenters. The van der Waals surface area contributed by atoms with Crippen LogP contribution in [0.5, 0.6) is 17.2 Å². The summed E-state index contributed by atoms with van der Waals surface area (Å²) in [6, 6.07) is 7.11. The van der Waals surface area contributed by atoms with Gasteiger partial charge in [-0.3, -0.25) is 14.6 Å². The Bertz CT molecular complexity index is 866. The molecule has 128 valence electrons. The number of hydrogen-bond acceptors (Lipinski definition) is 5. The smallest absolute Gasteiger partial charge is 0.311 e. The van der Waals surface area contributed by atoms with Crippen LogP contribution in [0.4, 0.5) is 0 Å². The van der Waals surface area contributed by atoms with Crippen molar-refractivity contribution in [3.63, 3.8) is 0 Å². The Balaban J connectivity index is 1.55. The molecule has 2 aromatic rings. The zero-order chi connectivity index (χ0) is 17.6. The Morgan fingerprint density at radius 3 is 2.92 bits per heavy atom. The summed E-state index contributed by atoms with van der Waals surface area (Å²) in [6.07, 6.45) is 3.64. The number of carbonyl (C=O) groups is 2. The van der Waals surface area contributed by atoms with Crippen molar-refractivity contribution in [1.29, 1.82) is 0 Å². The third kappa shape index (κ3) is 2.77. The predicted molar refractivity (Wildman–Crippen MR) is 86.6 cm³/mol. The molecule has 4 rings (SSSR count). The number of carboxylic acid groups (broad SMARTS) is 1. The number of rotatable bonds is 6. The highest BCUT2D eigenvalue weighted by Crippen LogP contribution is 2.59. The van der Waals surface area contributed by atoms with Crippen LogP contribution in [0, 0.1) is 5.92 Å². The molecule has 1 aliphatic carbocycles. The van der Waals surface area contributed by atoms with Crippen LogP contribution in [0.3, 0.4) is 0 Å². The average molecular weight is 340 g/mol. The zero-order valence-electron chi connectivity index (χ0n) is 13.2. The number of fused-ring (bicyclic) bond motifs is 3. The lowest BCUT2D eigenvalue weighted by Gasteiger charge is -2.12. The molecule has 1 aliphatic heterocycles. The van der Waals surface area contributed by atoms with Crippen LogP contribution in [0.15, 0.2) is 36.7 Å². The van der Waals surface area contributed by atoms with Gasteiger partial charge in [0.1, 0.15) is 29.3 Å². The number of aliphatic carboxylic acids is 1. The topological polar surface area (TPSA) is 112 Å². The molecule has 1 fully saturated rings. The maximum atomic E-state index is 11.2. The van der Waals surface area contributed by atoms with Crippen molar-refractivity contribution in [1.82, 2.24) is 4.98 Å². The molecule has 2 aliphatic rings. The van der Waals surface area contributed by atoms with Gasteiger partial charge in [-0.25, -0.2) is 0 Å². The van der Waals surface area contributed by atoms with Crippen molar-refractivity contribution in [3.05, 3.63) is 47.8 Å². The van der Waals surface area contributed by atoms with Crippen LogP contribution in [-0.2, 0) is 16.0 Å². The third-order valence-electron chi connectivity index (χ3n) is 4.57. The number of primary amides is 1. The first kappa shape index (κ1) is 15.4. The number of aryl methyl sites for hydroxylation is 1. The largest absolute Gasteiger partial charge is 0.489 e. The highest BCUT2D eigenvalue weighted by Gasteiger charge is 2.63. The summed E-state index contributed by atoms with van der Waals surface area (Å²) in [5, 5.41) is 9.17. The van der Waals surface area contributed by atoms with Gasteiger partial charge in [-0.05, 0) is 30.7 Å². The van der Waals surface area contributed by atoms with E-state index in [0.29, 0.717) is 23.7 Å².